The van der Waals surface area contributed by atoms with Crippen LogP contribution in [0.5, 0.6) is 0 Å². The largest absolute Gasteiger partial charge is 0.351 e. The molecule has 0 saturated heterocycles. The summed E-state index contributed by atoms with van der Waals surface area (Å²) in [5.41, 5.74) is 7.27. The molecule has 3 N–H and O–H groups in total. The third-order valence-corrected chi connectivity index (χ3v) is 4.51. The quantitative estimate of drug-likeness (QED) is 0.861. The lowest BCUT2D eigenvalue weighted by molar-refractivity contribution is -0.125. The maximum Gasteiger partial charge on any atom is 0.224 e. The van der Waals surface area contributed by atoms with Gasteiger partial charge in [-0.2, -0.15) is 0 Å². The molecule has 0 radical (unpaired) electrons. The van der Waals surface area contributed by atoms with E-state index in [1.165, 1.54) is 10.4 Å². The summed E-state index contributed by atoms with van der Waals surface area (Å²) in [7, 11) is 0. The van der Waals surface area contributed by atoms with Gasteiger partial charge in [-0.15, -0.1) is 11.3 Å². The summed E-state index contributed by atoms with van der Waals surface area (Å²) >= 11 is 1.71. The van der Waals surface area contributed by atoms with Crippen molar-refractivity contribution in [2.45, 2.75) is 45.2 Å². The van der Waals surface area contributed by atoms with Crippen LogP contribution < -0.4 is 11.1 Å². The van der Waals surface area contributed by atoms with E-state index in [4.69, 9.17) is 5.73 Å². The fourth-order valence-corrected chi connectivity index (χ4v) is 3.37. The first-order valence-corrected chi connectivity index (χ1v) is 7.19. The molecule has 2 rings (SSSR count). The van der Waals surface area contributed by atoms with Crippen LogP contribution in [0.2, 0.25) is 0 Å². The molecule has 2 atom stereocenters. The molecule has 1 fully saturated rings. The van der Waals surface area contributed by atoms with Gasteiger partial charge in [-0.1, -0.05) is 13.3 Å². The fourth-order valence-electron chi connectivity index (χ4n) is 2.45. The summed E-state index contributed by atoms with van der Waals surface area (Å²) in [6, 6.07) is 2.19. The summed E-state index contributed by atoms with van der Waals surface area (Å²) in [5.74, 6) is 0.158. The second kappa shape index (κ2) is 5.65. The van der Waals surface area contributed by atoms with Gasteiger partial charge < -0.3 is 11.1 Å². The van der Waals surface area contributed by atoms with E-state index in [0.29, 0.717) is 6.54 Å². The van der Waals surface area contributed by atoms with Gasteiger partial charge in [-0.3, -0.25) is 4.79 Å². The predicted octanol–water partition coefficient (Wildman–Crippen LogP) is 2.05. The average molecular weight is 252 g/mol. The van der Waals surface area contributed by atoms with Gasteiger partial charge in [0.05, 0.1) is 12.5 Å². The monoisotopic (exact) mass is 252 g/mol. The van der Waals surface area contributed by atoms with Crippen LogP contribution >= 0.6 is 11.3 Å². The minimum atomic E-state index is 0.0278. The van der Waals surface area contributed by atoms with Gasteiger partial charge in [-0.05, 0) is 36.3 Å². The Bertz CT molecular complexity index is 389. The highest BCUT2D eigenvalue weighted by molar-refractivity contribution is 7.10. The Morgan fingerprint density at radius 3 is 3.06 bits per heavy atom. The molecule has 1 aromatic heterocycles. The number of hydrogen-bond acceptors (Lipinski definition) is 3. The van der Waals surface area contributed by atoms with Crippen molar-refractivity contribution < 1.29 is 4.79 Å². The zero-order chi connectivity index (χ0) is 12.3. The van der Waals surface area contributed by atoms with Gasteiger partial charge in [0, 0.05) is 10.9 Å². The Labute approximate surface area is 106 Å². The molecule has 3 nitrogen and oxygen atoms in total. The molecule has 1 amide bonds. The van der Waals surface area contributed by atoms with Crippen LogP contribution in [0, 0.1) is 5.92 Å². The fraction of sp³-hybridized carbons (Fsp3) is 0.615. The van der Waals surface area contributed by atoms with Crippen molar-refractivity contribution in [1.29, 1.82) is 0 Å². The number of hydrogen-bond donors (Lipinski definition) is 2. The zero-order valence-corrected chi connectivity index (χ0v) is 11.1. The maximum atomic E-state index is 12.0. The van der Waals surface area contributed by atoms with Gasteiger partial charge in [-0.25, -0.2) is 0 Å². The van der Waals surface area contributed by atoms with Crippen molar-refractivity contribution in [1.82, 2.24) is 5.32 Å². The molecule has 1 aromatic rings. The van der Waals surface area contributed by atoms with Crippen molar-refractivity contribution in [3.05, 3.63) is 21.9 Å². The molecule has 1 saturated carbocycles. The summed E-state index contributed by atoms with van der Waals surface area (Å²) in [5, 5.41) is 5.11. The van der Waals surface area contributed by atoms with Crippen molar-refractivity contribution in [3.63, 3.8) is 0 Å². The molecular weight excluding hydrogens is 232 g/mol. The van der Waals surface area contributed by atoms with Crippen LogP contribution in [0.1, 0.15) is 36.6 Å². The molecule has 1 heterocycles. The Morgan fingerprint density at radius 2 is 2.41 bits per heavy atom. The Hall–Kier alpha value is -0.870. The highest BCUT2D eigenvalue weighted by Gasteiger charge is 2.29. The van der Waals surface area contributed by atoms with E-state index in [1.54, 1.807) is 11.3 Å². The van der Waals surface area contributed by atoms with Crippen LogP contribution in [0.25, 0.3) is 0 Å². The number of thiophene rings is 1. The normalized spacial score (nSPS) is 23.9. The molecule has 4 heteroatoms. The molecule has 0 bridgehead atoms. The first-order valence-electron chi connectivity index (χ1n) is 6.31. The third kappa shape index (κ3) is 2.87. The van der Waals surface area contributed by atoms with E-state index >= 15 is 0 Å². The van der Waals surface area contributed by atoms with Gasteiger partial charge in [0.15, 0.2) is 0 Å². The van der Waals surface area contributed by atoms with Gasteiger partial charge >= 0.3 is 0 Å². The Morgan fingerprint density at radius 1 is 1.59 bits per heavy atom. The van der Waals surface area contributed by atoms with Crippen molar-refractivity contribution >= 4 is 17.2 Å². The van der Waals surface area contributed by atoms with Gasteiger partial charge in [0.1, 0.15) is 0 Å². The highest BCUT2D eigenvalue weighted by Crippen LogP contribution is 2.24. The van der Waals surface area contributed by atoms with Crippen LogP contribution in [-0.2, 0) is 17.8 Å². The first kappa shape index (κ1) is 12.6. The topological polar surface area (TPSA) is 55.1 Å². The number of rotatable bonds is 4. The molecular formula is C13H20N2OS. The first-order chi connectivity index (χ1) is 8.22. The highest BCUT2D eigenvalue weighted by atomic mass is 32.1. The molecule has 1 aliphatic carbocycles. The van der Waals surface area contributed by atoms with E-state index in [0.717, 1.165) is 25.7 Å². The number of aryl methyl sites for hydroxylation is 1. The van der Waals surface area contributed by atoms with Crippen molar-refractivity contribution in [2.24, 2.45) is 11.7 Å². The van der Waals surface area contributed by atoms with E-state index in [9.17, 15) is 4.79 Å². The van der Waals surface area contributed by atoms with E-state index in [1.807, 2.05) is 0 Å². The summed E-state index contributed by atoms with van der Waals surface area (Å²) < 4.78 is 0. The number of carbonyl (C=O) groups is 1. The molecule has 17 heavy (non-hydrogen) atoms. The molecule has 94 valence electrons. The Kier molecular flexibility index (Phi) is 4.18. The summed E-state index contributed by atoms with van der Waals surface area (Å²) in [6.45, 7) is 2.79. The number of amides is 1. The SMILES string of the molecule is CCc1ccsc1CNC(=O)C1CCCC1N. The third-order valence-electron chi connectivity index (χ3n) is 3.55. The van der Waals surface area contributed by atoms with Crippen LogP contribution in [-0.4, -0.2) is 11.9 Å². The second-order valence-electron chi connectivity index (χ2n) is 4.64. The average Bonchev–Trinajstić information content (AvgIpc) is 2.94. The number of nitrogens with two attached hydrogens (primary N) is 1. The van der Waals surface area contributed by atoms with Crippen molar-refractivity contribution in [3.8, 4) is 0 Å². The lowest BCUT2D eigenvalue weighted by Crippen LogP contribution is -2.38. The predicted molar refractivity (Wildman–Crippen MR) is 70.9 cm³/mol. The van der Waals surface area contributed by atoms with Crippen molar-refractivity contribution in [2.75, 3.05) is 0 Å². The van der Waals surface area contributed by atoms with Gasteiger partial charge in [0.2, 0.25) is 5.91 Å². The minimum Gasteiger partial charge on any atom is -0.351 e. The van der Waals surface area contributed by atoms with E-state index < -0.39 is 0 Å². The van der Waals surface area contributed by atoms with E-state index in [2.05, 4.69) is 23.7 Å². The molecule has 0 aromatic carbocycles. The van der Waals surface area contributed by atoms with Crippen LogP contribution in [0.3, 0.4) is 0 Å². The van der Waals surface area contributed by atoms with Crippen LogP contribution in [0.15, 0.2) is 11.4 Å². The second-order valence-corrected chi connectivity index (χ2v) is 5.64. The van der Waals surface area contributed by atoms with Gasteiger partial charge in [0.25, 0.3) is 0 Å². The standard InChI is InChI=1S/C13H20N2OS/c1-2-9-6-7-17-12(9)8-15-13(16)10-4-3-5-11(10)14/h6-7,10-11H,2-5,8,14H2,1H3,(H,15,16). The summed E-state index contributed by atoms with van der Waals surface area (Å²) in [6.07, 6.45) is 4.03. The number of nitrogens with one attached hydrogen (secondary N) is 1. The smallest absolute Gasteiger partial charge is 0.224 e. The summed E-state index contributed by atoms with van der Waals surface area (Å²) in [4.78, 5) is 13.2. The minimum absolute atomic E-state index is 0.0278. The molecule has 0 spiro atoms. The molecule has 2 unspecified atom stereocenters. The molecule has 1 aliphatic rings. The maximum absolute atomic E-state index is 12.0. The Balaban J connectivity index is 1.88. The van der Waals surface area contributed by atoms with E-state index in [-0.39, 0.29) is 17.9 Å². The zero-order valence-electron chi connectivity index (χ0n) is 10.2. The van der Waals surface area contributed by atoms with Crippen LogP contribution in [0.4, 0.5) is 0 Å². The lowest BCUT2D eigenvalue weighted by Gasteiger charge is -2.15. The molecule has 0 aliphatic heterocycles. The lowest BCUT2D eigenvalue weighted by atomic mass is 10.0. The number of carbonyl (C=O) groups excluding carboxylic acids is 1.